The molecule has 0 radical (unpaired) electrons. The number of anilines is 2. The maximum absolute atomic E-state index is 13.1. The lowest BCUT2D eigenvalue weighted by molar-refractivity contribution is -0.137. The number of sulfone groups is 1. The van der Waals surface area contributed by atoms with Crippen LogP contribution in [0.25, 0.3) is 5.70 Å². The number of imide groups is 1. The fraction of sp³-hybridized carbons (Fsp3) is 0.372. The number of piperidine rings is 1. The van der Waals surface area contributed by atoms with Gasteiger partial charge in [0.15, 0.2) is 15.8 Å². The smallest absolute Gasteiger partial charge is 0.255 e. The number of rotatable bonds is 13. The monoisotopic (exact) mass is 806 g/mol. The number of hydrogen-bond acceptors (Lipinski definition) is 9. The van der Waals surface area contributed by atoms with E-state index in [-0.39, 0.29) is 41.2 Å². The molecule has 4 heterocycles. The second kappa shape index (κ2) is 17.7. The first-order valence-corrected chi connectivity index (χ1v) is 21.8. The highest BCUT2D eigenvalue weighted by molar-refractivity contribution is 7.90. The van der Waals surface area contributed by atoms with E-state index in [1.165, 1.54) is 6.26 Å². The predicted molar refractivity (Wildman–Crippen MR) is 223 cm³/mol. The number of guanidine groups is 1. The van der Waals surface area contributed by atoms with Gasteiger partial charge in [-0.3, -0.25) is 29.9 Å². The number of benzene rings is 3. The molecule has 4 amide bonds. The number of allylic oxidation sites excluding steroid dienone is 2. The summed E-state index contributed by atoms with van der Waals surface area (Å²) in [5.41, 5.74) is 6.12. The Morgan fingerprint density at radius 3 is 2.38 bits per heavy atom. The molecule has 3 aromatic rings. The van der Waals surface area contributed by atoms with Gasteiger partial charge < -0.3 is 30.7 Å². The van der Waals surface area contributed by atoms with Crippen molar-refractivity contribution in [1.82, 2.24) is 25.8 Å². The second-order valence-electron chi connectivity index (χ2n) is 15.2. The summed E-state index contributed by atoms with van der Waals surface area (Å²) >= 11 is 0. The summed E-state index contributed by atoms with van der Waals surface area (Å²) in [5, 5.41) is 20.3. The van der Waals surface area contributed by atoms with Crippen LogP contribution in [0.3, 0.4) is 0 Å². The second-order valence-corrected chi connectivity index (χ2v) is 17.3. The van der Waals surface area contributed by atoms with Crippen molar-refractivity contribution in [2.24, 2.45) is 0 Å². The molecule has 0 bridgehead atoms. The molecule has 0 aromatic heterocycles. The lowest BCUT2D eigenvalue weighted by atomic mass is 10.0. The Morgan fingerprint density at radius 1 is 0.914 bits per heavy atom. The van der Waals surface area contributed by atoms with Gasteiger partial charge in [0.1, 0.15) is 12.2 Å². The van der Waals surface area contributed by atoms with Gasteiger partial charge in [-0.15, -0.1) is 0 Å². The average Bonchev–Trinajstić information content (AvgIpc) is 3.54. The minimum Gasteiger partial charge on any atom is -0.368 e. The van der Waals surface area contributed by atoms with Crippen molar-refractivity contribution in [1.29, 1.82) is 5.41 Å². The molecular formula is C43H50N8O6S. The third kappa shape index (κ3) is 9.76. The predicted octanol–water partition coefficient (Wildman–Crippen LogP) is 4.16. The van der Waals surface area contributed by atoms with E-state index in [0.29, 0.717) is 38.0 Å². The van der Waals surface area contributed by atoms with Crippen LogP contribution in [-0.4, -0.2) is 92.4 Å². The van der Waals surface area contributed by atoms with Crippen molar-refractivity contribution >= 4 is 56.5 Å². The molecule has 304 valence electrons. The Kier molecular flexibility index (Phi) is 12.3. The Balaban J connectivity index is 0.771. The number of amides is 4. The van der Waals surface area contributed by atoms with Crippen molar-refractivity contribution in [3.8, 4) is 0 Å². The van der Waals surface area contributed by atoms with Crippen LogP contribution in [0.4, 0.5) is 11.4 Å². The largest absolute Gasteiger partial charge is 0.368 e. The van der Waals surface area contributed by atoms with Crippen LogP contribution in [0.5, 0.6) is 0 Å². The number of carbonyl (C=O) groups excluding carboxylic acids is 4. The van der Waals surface area contributed by atoms with Crippen molar-refractivity contribution < 1.29 is 27.6 Å². The standard InChI is InChI=1S/C43H50N8O6S/c1-58(56,57)34-19-13-30(14-20-34)36-8-6-9-38(46-36)47-43(44)45-32-15-17-33(18-16-32)49-23-25-50(26-24-49)40(53)10-5-3-2-4-7-29-11-12-31-28-51(42(55)35(31)27-29)37-21-22-39(52)48-41(37)54/h6,8-9,11-20,27,37-38,46H,2-5,7,10,21-26,28H2,1H3,(H3,44,45,47)(H,48,52,54). The molecule has 2 atom stereocenters. The third-order valence-electron chi connectivity index (χ3n) is 11.1. The van der Waals surface area contributed by atoms with Gasteiger partial charge in [-0.1, -0.05) is 43.2 Å². The Hall–Kier alpha value is -5.96. The first-order chi connectivity index (χ1) is 27.9. The van der Waals surface area contributed by atoms with E-state index >= 15 is 0 Å². The first kappa shape index (κ1) is 40.2. The van der Waals surface area contributed by atoms with Crippen molar-refractivity contribution in [2.45, 2.75) is 75.0 Å². The van der Waals surface area contributed by atoms with Crippen LogP contribution in [0.1, 0.15) is 72.0 Å². The summed E-state index contributed by atoms with van der Waals surface area (Å²) in [6, 6.07) is 19.9. The molecule has 14 nitrogen and oxygen atoms in total. The van der Waals surface area contributed by atoms with Gasteiger partial charge in [0.05, 0.1) is 4.90 Å². The summed E-state index contributed by atoms with van der Waals surface area (Å²) in [6.07, 6.45) is 12.2. The number of nitrogens with zero attached hydrogens (tertiary/aromatic N) is 3. The average molecular weight is 807 g/mol. The molecule has 4 aliphatic heterocycles. The van der Waals surface area contributed by atoms with E-state index in [1.807, 2.05) is 59.5 Å². The van der Waals surface area contributed by atoms with Crippen molar-refractivity contribution in [2.75, 3.05) is 42.7 Å². The quantitative estimate of drug-likeness (QED) is 0.0728. The molecule has 2 unspecified atom stereocenters. The highest BCUT2D eigenvalue weighted by Gasteiger charge is 2.39. The summed E-state index contributed by atoms with van der Waals surface area (Å²) in [7, 11) is -3.27. The van der Waals surface area contributed by atoms with Crippen LogP contribution in [0.15, 0.2) is 89.9 Å². The fourth-order valence-corrected chi connectivity index (χ4v) is 8.48. The van der Waals surface area contributed by atoms with E-state index in [2.05, 4.69) is 32.2 Å². The number of hydrogen-bond donors (Lipinski definition) is 5. The van der Waals surface area contributed by atoms with Gasteiger partial charge >= 0.3 is 0 Å². The molecule has 2 fully saturated rings. The minimum atomic E-state index is -3.27. The van der Waals surface area contributed by atoms with E-state index in [4.69, 9.17) is 5.41 Å². The molecule has 0 aliphatic carbocycles. The first-order valence-electron chi connectivity index (χ1n) is 19.9. The van der Waals surface area contributed by atoms with E-state index < -0.39 is 21.8 Å². The maximum Gasteiger partial charge on any atom is 0.255 e. The topological polar surface area (TPSA) is 184 Å². The van der Waals surface area contributed by atoms with E-state index in [0.717, 1.165) is 79.0 Å². The fourth-order valence-electron chi connectivity index (χ4n) is 7.85. The van der Waals surface area contributed by atoms with Gasteiger partial charge in [0.2, 0.25) is 17.7 Å². The zero-order valence-corrected chi connectivity index (χ0v) is 33.4. The van der Waals surface area contributed by atoms with Crippen LogP contribution in [0, 0.1) is 5.41 Å². The molecule has 15 heteroatoms. The molecule has 0 spiro atoms. The van der Waals surface area contributed by atoms with Crippen LogP contribution in [0.2, 0.25) is 0 Å². The highest BCUT2D eigenvalue weighted by atomic mass is 32.2. The number of nitrogens with one attached hydrogen (secondary N) is 5. The summed E-state index contributed by atoms with van der Waals surface area (Å²) in [4.78, 5) is 56.1. The number of dihydropyridines is 1. The third-order valence-corrected chi connectivity index (χ3v) is 12.2. The summed E-state index contributed by atoms with van der Waals surface area (Å²) in [5.74, 6) is -0.529. The van der Waals surface area contributed by atoms with Gasteiger partial charge in [0, 0.05) is 74.5 Å². The van der Waals surface area contributed by atoms with Crippen molar-refractivity contribution in [3.05, 3.63) is 107 Å². The molecule has 0 saturated carbocycles. The van der Waals surface area contributed by atoms with Gasteiger partial charge in [-0.05, 0) is 97.0 Å². The molecular weight excluding hydrogens is 757 g/mol. The normalized spacial score (nSPS) is 19.3. The molecule has 5 N–H and O–H groups in total. The van der Waals surface area contributed by atoms with Crippen LogP contribution >= 0.6 is 0 Å². The Bertz CT molecular complexity index is 2230. The molecule has 2 saturated heterocycles. The van der Waals surface area contributed by atoms with Crippen molar-refractivity contribution in [3.63, 3.8) is 0 Å². The Morgan fingerprint density at radius 2 is 1.66 bits per heavy atom. The van der Waals surface area contributed by atoms with E-state index in [1.54, 1.807) is 29.2 Å². The lowest BCUT2D eigenvalue weighted by Crippen LogP contribution is -2.52. The van der Waals surface area contributed by atoms with Crippen LogP contribution < -0.4 is 26.2 Å². The molecule has 3 aromatic carbocycles. The number of piperazine rings is 1. The number of carbonyl (C=O) groups is 4. The summed E-state index contributed by atoms with van der Waals surface area (Å²) < 4.78 is 23.6. The molecule has 58 heavy (non-hydrogen) atoms. The van der Waals surface area contributed by atoms with Gasteiger partial charge in [0.25, 0.3) is 5.91 Å². The van der Waals surface area contributed by atoms with E-state index in [9.17, 15) is 27.6 Å². The number of aryl methyl sites for hydroxylation is 1. The SMILES string of the molecule is CS(=O)(=O)c1ccc(C2=CC=CC(NC(=N)Nc3ccc(N4CCN(C(=O)CCCCCCc5ccc6c(c5)C(=O)N(C5CCC(=O)NC5=O)C6)CC4)cc3)N2)cc1. The Labute approximate surface area is 339 Å². The number of fused-ring (bicyclic) bond motifs is 1. The highest BCUT2D eigenvalue weighted by Crippen LogP contribution is 2.29. The summed E-state index contributed by atoms with van der Waals surface area (Å²) in [6.45, 7) is 3.22. The maximum atomic E-state index is 13.1. The lowest BCUT2D eigenvalue weighted by Gasteiger charge is -2.36. The molecule has 4 aliphatic rings. The molecule has 7 rings (SSSR count). The number of unbranched alkanes of at least 4 members (excludes halogenated alkanes) is 3. The zero-order valence-electron chi connectivity index (χ0n) is 32.6. The minimum absolute atomic E-state index is 0.120. The zero-order chi connectivity index (χ0) is 40.8. The van der Waals surface area contributed by atoms with Gasteiger partial charge in [-0.25, -0.2) is 8.42 Å². The van der Waals surface area contributed by atoms with Crippen LogP contribution in [-0.2, 0) is 37.2 Å². The van der Waals surface area contributed by atoms with Gasteiger partial charge in [-0.2, -0.15) is 0 Å².